The van der Waals surface area contributed by atoms with Gasteiger partial charge in [-0.1, -0.05) is 6.07 Å². The predicted octanol–water partition coefficient (Wildman–Crippen LogP) is 0.902. The number of hydrogen-bond donors (Lipinski definition) is 2. The summed E-state index contributed by atoms with van der Waals surface area (Å²) < 4.78 is 4.41. The predicted molar refractivity (Wildman–Crippen MR) is 62.1 cm³/mol. The van der Waals surface area contributed by atoms with Crippen LogP contribution < -0.4 is 5.32 Å². The van der Waals surface area contributed by atoms with E-state index in [-0.39, 0.29) is 12.3 Å². The van der Waals surface area contributed by atoms with Crippen molar-refractivity contribution in [3.8, 4) is 5.75 Å². The molecule has 6 heteroatoms. The Morgan fingerprint density at radius 1 is 1.53 bits per heavy atom. The molecule has 5 nitrogen and oxygen atoms in total. The van der Waals surface area contributed by atoms with Gasteiger partial charge in [0.2, 0.25) is 0 Å². The number of phenols is 1. The van der Waals surface area contributed by atoms with Gasteiger partial charge in [0.05, 0.1) is 7.11 Å². The first-order valence-corrected chi connectivity index (χ1v) is 5.27. The van der Waals surface area contributed by atoms with Crippen molar-refractivity contribution in [2.24, 2.45) is 0 Å². The summed E-state index contributed by atoms with van der Waals surface area (Å²) in [6.07, 6.45) is 0. The molecule has 1 rings (SSSR count). The maximum Gasteiger partial charge on any atom is 0.325 e. The number of esters is 1. The van der Waals surface area contributed by atoms with Gasteiger partial charge in [-0.2, -0.15) is 0 Å². The molecule has 0 saturated carbocycles. The second kappa shape index (κ2) is 6.10. The van der Waals surface area contributed by atoms with Crippen LogP contribution in [0.25, 0.3) is 0 Å². The third-order valence-electron chi connectivity index (χ3n) is 2.01. The lowest BCUT2D eigenvalue weighted by molar-refractivity contribution is -0.140. The van der Waals surface area contributed by atoms with E-state index in [4.69, 9.17) is 11.6 Å². The number of aromatic hydroxyl groups is 1. The van der Waals surface area contributed by atoms with E-state index in [0.29, 0.717) is 5.56 Å². The fourth-order valence-corrected chi connectivity index (χ4v) is 1.31. The number of hydrogen-bond acceptors (Lipinski definition) is 4. The Balaban J connectivity index is 2.53. The van der Waals surface area contributed by atoms with Gasteiger partial charge in [0.25, 0.3) is 5.91 Å². The van der Waals surface area contributed by atoms with Crippen LogP contribution in [0.4, 0.5) is 0 Å². The van der Waals surface area contributed by atoms with E-state index in [9.17, 15) is 14.7 Å². The van der Waals surface area contributed by atoms with Crippen LogP contribution in [-0.2, 0) is 9.53 Å². The van der Waals surface area contributed by atoms with Crippen molar-refractivity contribution in [2.75, 3.05) is 13.7 Å². The van der Waals surface area contributed by atoms with E-state index >= 15 is 0 Å². The Hall–Kier alpha value is -1.75. The fourth-order valence-electron chi connectivity index (χ4n) is 1.14. The van der Waals surface area contributed by atoms with Gasteiger partial charge < -0.3 is 15.2 Å². The summed E-state index contributed by atoms with van der Waals surface area (Å²) in [6.45, 7) is -0.0390. The largest absolute Gasteiger partial charge is 0.508 e. The van der Waals surface area contributed by atoms with Crippen LogP contribution in [0.15, 0.2) is 24.3 Å². The normalized spacial score (nSPS) is 11.6. The van der Waals surface area contributed by atoms with Crippen LogP contribution in [-0.4, -0.2) is 36.0 Å². The van der Waals surface area contributed by atoms with E-state index in [1.165, 1.54) is 25.3 Å². The molecule has 0 aliphatic carbocycles. The van der Waals surface area contributed by atoms with Crippen molar-refractivity contribution in [3.05, 3.63) is 29.8 Å². The molecule has 1 aromatic carbocycles. The first-order chi connectivity index (χ1) is 8.04. The summed E-state index contributed by atoms with van der Waals surface area (Å²) >= 11 is 5.66. The standard InChI is InChI=1S/C11H12ClNO4/c1-17-11(16)9(12)6-13-10(15)7-3-2-4-8(14)5-7/h2-5,9,14H,6H2,1H3,(H,13,15). The fraction of sp³-hybridized carbons (Fsp3) is 0.273. The number of carbonyl (C=O) groups is 2. The van der Waals surface area contributed by atoms with Crippen LogP contribution in [0.5, 0.6) is 5.75 Å². The molecular weight excluding hydrogens is 246 g/mol. The Labute approximate surface area is 103 Å². The number of methoxy groups -OCH3 is 1. The molecule has 0 aliphatic heterocycles. The number of halogens is 1. The van der Waals surface area contributed by atoms with Crippen LogP contribution in [0, 0.1) is 0 Å². The average molecular weight is 258 g/mol. The van der Waals surface area contributed by atoms with Crippen LogP contribution in [0.1, 0.15) is 10.4 Å². The van der Waals surface area contributed by atoms with Crippen molar-refractivity contribution >= 4 is 23.5 Å². The van der Waals surface area contributed by atoms with Crippen LogP contribution in [0.2, 0.25) is 0 Å². The summed E-state index contributed by atoms with van der Waals surface area (Å²) in [5.41, 5.74) is 0.290. The number of phenolic OH excluding ortho intramolecular Hbond substituents is 1. The molecule has 0 aromatic heterocycles. The summed E-state index contributed by atoms with van der Waals surface area (Å²) in [4.78, 5) is 22.5. The van der Waals surface area contributed by atoms with E-state index in [1.807, 2.05) is 0 Å². The molecule has 92 valence electrons. The molecule has 0 heterocycles. The summed E-state index contributed by atoms with van der Waals surface area (Å²) in [5, 5.41) is 10.7. The number of ether oxygens (including phenoxy) is 1. The second-order valence-electron chi connectivity index (χ2n) is 3.25. The van der Waals surface area contributed by atoms with Crippen molar-refractivity contribution in [3.63, 3.8) is 0 Å². The Morgan fingerprint density at radius 2 is 2.24 bits per heavy atom. The topological polar surface area (TPSA) is 75.6 Å². The monoisotopic (exact) mass is 257 g/mol. The number of benzene rings is 1. The molecule has 0 radical (unpaired) electrons. The smallest absolute Gasteiger partial charge is 0.325 e. The third kappa shape index (κ3) is 3.96. The SMILES string of the molecule is COC(=O)C(Cl)CNC(=O)c1cccc(O)c1. The number of rotatable bonds is 4. The van der Waals surface area contributed by atoms with Gasteiger partial charge in [0.15, 0.2) is 0 Å². The quantitative estimate of drug-likeness (QED) is 0.621. The van der Waals surface area contributed by atoms with Gasteiger partial charge in [-0.25, -0.2) is 0 Å². The summed E-state index contributed by atoms with van der Waals surface area (Å²) in [7, 11) is 1.22. The van der Waals surface area contributed by atoms with E-state index in [2.05, 4.69) is 10.1 Å². The molecular formula is C11H12ClNO4. The lowest BCUT2D eigenvalue weighted by Gasteiger charge is -2.09. The third-order valence-corrected chi connectivity index (χ3v) is 2.34. The van der Waals surface area contributed by atoms with Gasteiger partial charge in [-0.05, 0) is 18.2 Å². The number of alkyl halides is 1. The molecule has 0 bridgehead atoms. The maximum atomic E-state index is 11.6. The molecule has 0 aliphatic rings. The van der Waals surface area contributed by atoms with Gasteiger partial charge in [0, 0.05) is 12.1 Å². The summed E-state index contributed by atoms with van der Waals surface area (Å²) in [6, 6.07) is 5.85. The number of carbonyl (C=O) groups excluding carboxylic acids is 2. The van der Waals surface area contributed by atoms with Crippen molar-refractivity contribution in [2.45, 2.75) is 5.38 Å². The Kier molecular flexibility index (Phi) is 4.78. The average Bonchev–Trinajstić information content (AvgIpc) is 2.34. The van der Waals surface area contributed by atoms with Gasteiger partial charge >= 0.3 is 5.97 Å². The maximum absolute atomic E-state index is 11.6. The van der Waals surface area contributed by atoms with E-state index < -0.39 is 17.3 Å². The van der Waals surface area contributed by atoms with E-state index in [0.717, 1.165) is 0 Å². The lowest BCUT2D eigenvalue weighted by atomic mass is 10.2. The van der Waals surface area contributed by atoms with Crippen LogP contribution >= 0.6 is 11.6 Å². The zero-order valence-corrected chi connectivity index (χ0v) is 9.90. The highest BCUT2D eigenvalue weighted by Crippen LogP contribution is 2.10. The minimum atomic E-state index is -0.929. The number of amides is 1. The minimum Gasteiger partial charge on any atom is -0.508 e. The molecule has 0 saturated heterocycles. The van der Waals surface area contributed by atoms with Gasteiger partial charge in [-0.3, -0.25) is 9.59 Å². The lowest BCUT2D eigenvalue weighted by Crippen LogP contribution is -2.34. The second-order valence-corrected chi connectivity index (χ2v) is 3.78. The molecule has 0 fully saturated rings. The highest BCUT2D eigenvalue weighted by atomic mass is 35.5. The first kappa shape index (κ1) is 13.3. The molecule has 1 atom stereocenters. The zero-order chi connectivity index (χ0) is 12.8. The van der Waals surface area contributed by atoms with Gasteiger partial charge in [0.1, 0.15) is 11.1 Å². The number of nitrogens with one attached hydrogen (secondary N) is 1. The molecule has 1 amide bonds. The molecule has 1 unspecified atom stereocenters. The van der Waals surface area contributed by atoms with Gasteiger partial charge in [-0.15, -0.1) is 11.6 Å². The molecule has 1 aromatic rings. The first-order valence-electron chi connectivity index (χ1n) is 4.83. The Morgan fingerprint density at radius 3 is 2.82 bits per heavy atom. The summed E-state index contributed by atoms with van der Waals surface area (Å²) in [5.74, 6) is -1.04. The van der Waals surface area contributed by atoms with Crippen molar-refractivity contribution in [1.82, 2.24) is 5.32 Å². The van der Waals surface area contributed by atoms with Crippen molar-refractivity contribution in [1.29, 1.82) is 0 Å². The highest BCUT2D eigenvalue weighted by Gasteiger charge is 2.17. The molecule has 2 N–H and O–H groups in total. The Bertz CT molecular complexity index is 422. The minimum absolute atomic E-state index is 0.00644. The van der Waals surface area contributed by atoms with Crippen molar-refractivity contribution < 1.29 is 19.4 Å². The highest BCUT2D eigenvalue weighted by molar-refractivity contribution is 6.30. The van der Waals surface area contributed by atoms with E-state index in [1.54, 1.807) is 6.07 Å². The molecule has 17 heavy (non-hydrogen) atoms. The van der Waals surface area contributed by atoms with Crippen LogP contribution in [0.3, 0.4) is 0 Å². The zero-order valence-electron chi connectivity index (χ0n) is 9.14. The molecule has 0 spiro atoms.